The highest BCUT2D eigenvalue weighted by Gasteiger charge is 2.42. The Balaban J connectivity index is 1.79. The van der Waals surface area contributed by atoms with Crippen LogP contribution in [0.1, 0.15) is 57.8 Å². The van der Waals surface area contributed by atoms with Crippen LogP contribution in [0.15, 0.2) is 0 Å². The molecule has 0 saturated heterocycles. The van der Waals surface area contributed by atoms with Gasteiger partial charge < -0.3 is 15.0 Å². The van der Waals surface area contributed by atoms with Crippen LogP contribution in [0, 0.1) is 25.7 Å². The fourth-order valence-corrected chi connectivity index (χ4v) is 3.14. The Hall–Kier alpha value is -1.78. The molecule has 2 N–H and O–H groups in total. The van der Waals surface area contributed by atoms with Gasteiger partial charge in [-0.1, -0.05) is 0 Å². The third-order valence-electron chi connectivity index (χ3n) is 4.61. The predicted molar refractivity (Wildman–Crippen MR) is 78.3 cm³/mol. The van der Waals surface area contributed by atoms with E-state index < -0.39 is 5.97 Å². The molecule has 0 spiro atoms. The fourth-order valence-electron chi connectivity index (χ4n) is 3.14. The summed E-state index contributed by atoms with van der Waals surface area (Å²) >= 11 is 0. The standard InChI is InChI=1S/C16H22N2O3/c1-8-12(16(20)21-3)9(2)17-13(8)15(19)18-14(10-4-5-10)11-6-7-11/h10-11,14,17H,4-7H2,1-3H3,(H,18,19). The second-order valence-corrected chi connectivity index (χ2v) is 6.29. The van der Waals surface area contributed by atoms with Crippen LogP contribution in [0.2, 0.25) is 0 Å². The second kappa shape index (κ2) is 5.20. The SMILES string of the molecule is COC(=O)c1c(C)[nH]c(C(=O)NC(C2CC2)C2CC2)c1C. The molecule has 0 aliphatic heterocycles. The second-order valence-electron chi connectivity index (χ2n) is 6.29. The number of amides is 1. The Labute approximate surface area is 124 Å². The molecule has 1 heterocycles. The fraction of sp³-hybridized carbons (Fsp3) is 0.625. The number of aryl methyl sites for hydroxylation is 1. The number of H-pyrrole nitrogens is 1. The van der Waals surface area contributed by atoms with Gasteiger partial charge in [-0.05, 0) is 56.9 Å². The number of aromatic amines is 1. The van der Waals surface area contributed by atoms with Gasteiger partial charge in [0.25, 0.3) is 5.91 Å². The van der Waals surface area contributed by atoms with Crippen LogP contribution in [0.3, 0.4) is 0 Å². The molecule has 3 rings (SSSR count). The molecule has 5 nitrogen and oxygen atoms in total. The molecule has 1 aromatic rings. The average Bonchev–Trinajstić information content (AvgIpc) is 3.35. The third-order valence-corrected chi connectivity index (χ3v) is 4.61. The molecule has 114 valence electrons. The highest BCUT2D eigenvalue weighted by molar-refractivity contribution is 6.00. The molecule has 0 radical (unpaired) electrons. The highest BCUT2D eigenvalue weighted by atomic mass is 16.5. The number of carbonyl (C=O) groups excluding carboxylic acids is 2. The Morgan fingerprint density at radius 2 is 1.76 bits per heavy atom. The topological polar surface area (TPSA) is 71.2 Å². The number of rotatable bonds is 5. The van der Waals surface area contributed by atoms with E-state index in [2.05, 4.69) is 10.3 Å². The summed E-state index contributed by atoms with van der Waals surface area (Å²) in [6.07, 6.45) is 4.88. The zero-order valence-corrected chi connectivity index (χ0v) is 12.8. The van der Waals surface area contributed by atoms with Crippen molar-refractivity contribution in [3.63, 3.8) is 0 Å². The number of hydrogen-bond donors (Lipinski definition) is 2. The predicted octanol–water partition coefficient (Wildman–Crippen LogP) is 2.34. The van der Waals surface area contributed by atoms with Crippen molar-refractivity contribution in [2.24, 2.45) is 11.8 Å². The molecular weight excluding hydrogens is 268 g/mol. The maximum absolute atomic E-state index is 12.5. The summed E-state index contributed by atoms with van der Waals surface area (Å²) in [6.45, 7) is 3.57. The molecule has 0 aromatic carbocycles. The summed E-state index contributed by atoms with van der Waals surface area (Å²) in [5.41, 5.74) is 2.30. The Morgan fingerprint density at radius 3 is 2.24 bits per heavy atom. The van der Waals surface area contributed by atoms with Crippen molar-refractivity contribution in [1.82, 2.24) is 10.3 Å². The molecule has 0 bridgehead atoms. The van der Waals surface area contributed by atoms with Gasteiger partial charge in [0.05, 0.1) is 12.7 Å². The van der Waals surface area contributed by atoms with Crippen molar-refractivity contribution in [3.8, 4) is 0 Å². The van der Waals surface area contributed by atoms with Crippen LogP contribution in [0.4, 0.5) is 0 Å². The van der Waals surface area contributed by atoms with E-state index in [-0.39, 0.29) is 5.91 Å². The summed E-state index contributed by atoms with van der Waals surface area (Å²) < 4.78 is 4.78. The minimum atomic E-state index is -0.402. The first-order valence-corrected chi connectivity index (χ1v) is 7.61. The first-order chi connectivity index (χ1) is 10.0. The van der Waals surface area contributed by atoms with E-state index in [9.17, 15) is 9.59 Å². The lowest BCUT2D eigenvalue weighted by Gasteiger charge is -2.17. The van der Waals surface area contributed by atoms with Gasteiger partial charge in [-0.15, -0.1) is 0 Å². The van der Waals surface area contributed by atoms with E-state index in [1.807, 2.05) is 0 Å². The maximum Gasteiger partial charge on any atom is 0.339 e. The minimum Gasteiger partial charge on any atom is -0.465 e. The van der Waals surface area contributed by atoms with Crippen LogP contribution < -0.4 is 5.32 Å². The molecule has 1 aromatic heterocycles. The maximum atomic E-state index is 12.5. The Morgan fingerprint density at radius 1 is 1.19 bits per heavy atom. The minimum absolute atomic E-state index is 0.102. The summed E-state index contributed by atoms with van der Waals surface area (Å²) in [5, 5.41) is 3.17. The highest BCUT2D eigenvalue weighted by Crippen LogP contribution is 2.44. The molecule has 21 heavy (non-hydrogen) atoms. The van der Waals surface area contributed by atoms with Gasteiger partial charge in [0, 0.05) is 11.7 Å². The lowest BCUT2D eigenvalue weighted by molar-refractivity contribution is 0.0599. The average molecular weight is 290 g/mol. The van der Waals surface area contributed by atoms with Crippen molar-refractivity contribution in [2.45, 2.75) is 45.6 Å². The molecule has 2 aliphatic rings. The van der Waals surface area contributed by atoms with Crippen molar-refractivity contribution < 1.29 is 14.3 Å². The molecule has 2 saturated carbocycles. The molecular formula is C16H22N2O3. The smallest absolute Gasteiger partial charge is 0.339 e. The first-order valence-electron chi connectivity index (χ1n) is 7.61. The van der Waals surface area contributed by atoms with Crippen LogP contribution in [-0.4, -0.2) is 30.0 Å². The largest absolute Gasteiger partial charge is 0.465 e. The third kappa shape index (κ3) is 2.69. The summed E-state index contributed by atoms with van der Waals surface area (Å²) in [4.78, 5) is 27.3. The summed E-state index contributed by atoms with van der Waals surface area (Å²) in [7, 11) is 1.35. The van der Waals surface area contributed by atoms with Crippen LogP contribution >= 0.6 is 0 Å². The monoisotopic (exact) mass is 290 g/mol. The zero-order valence-electron chi connectivity index (χ0n) is 12.8. The van der Waals surface area contributed by atoms with E-state index in [0.717, 1.165) is 0 Å². The number of esters is 1. The van der Waals surface area contributed by atoms with Gasteiger partial charge in [0.15, 0.2) is 0 Å². The van der Waals surface area contributed by atoms with E-state index in [1.165, 1.54) is 32.8 Å². The summed E-state index contributed by atoms with van der Waals surface area (Å²) in [6, 6.07) is 0.307. The van der Waals surface area contributed by atoms with Gasteiger partial charge in [-0.3, -0.25) is 4.79 Å². The lowest BCUT2D eigenvalue weighted by atomic mass is 10.1. The Kier molecular flexibility index (Phi) is 3.51. The van der Waals surface area contributed by atoms with E-state index in [1.54, 1.807) is 13.8 Å². The van der Waals surface area contributed by atoms with Crippen molar-refractivity contribution in [3.05, 3.63) is 22.5 Å². The van der Waals surface area contributed by atoms with Gasteiger partial charge in [0.1, 0.15) is 5.69 Å². The van der Waals surface area contributed by atoms with Gasteiger partial charge in [-0.25, -0.2) is 4.79 Å². The van der Waals surface area contributed by atoms with E-state index in [4.69, 9.17) is 4.74 Å². The number of methoxy groups -OCH3 is 1. The lowest BCUT2D eigenvalue weighted by Crippen LogP contribution is -2.38. The molecule has 5 heteroatoms. The van der Waals surface area contributed by atoms with Crippen molar-refractivity contribution in [1.29, 1.82) is 0 Å². The number of nitrogens with one attached hydrogen (secondary N) is 2. The number of ether oxygens (including phenoxy) is 1. The normalized spacial score (nSPS) is 17.9. The van der Waals surface area contributed by atoms with Crippen molar-refractivity contribution in [2.75, 3.05) is 7.11 Å². The van der Waals surface area contributed by atoms with Gasteiger partial charge in [-0.2, -0.15) is 0 Å². The number of carbonyl (C=O) groups is 2. The summed E-state index contributed by atoms with van der Waals surface area (Å²) in [5.74, 6) is 0.798. The molecule has 2 fully saturated rings. The van der Waals surface area contributed by atoms with Crippen LogP contribution in [-0.2, 0) is 4.74 Å². The molecule has 0 unspecified atom stereocenters. The van der Waals surface area contributed by atoms with Gasteiger partial charge in [0.2, 0.25) is 0 Å². The zero-order chi connectivity index (χ0) is 15.1. The van der Waals surface area contributed by atoms with Gasteiger partial charge >= 0.3 is 5.97 Å². The Bertz CT molecular complexity index is 571. The number of aromatic nitrogens is 1. The first kappa shape index (κ1) is 14.2. The van der Waals surface area contributed by atoms with Crippen LogP contribution in [0.5, 0.6) is 0 Å². The number of hydrogen-bond acceptors (Lipinski definition) is 3. The van der Waals surface area contributed by atoms with E-state index in [0.29, 0.717) is 40.4 Å². The molecule has 2 aliphatic carbocycles. The molecule has 0 atom stereocenters. The van der Waals surface area contributed by atoms with E-state index >= 15 is 0 Å². The van der Waals surface area contributed by atoms with Crippen molar-refractivity contribution >= 4 is 11.9 Å². The quantitative estimate of drug-likeness (QED) is 0.818. The van der Waals surface area contributed by atoms with Crippen LogP contribution in [0.25, 0.3) is 0 Å². The molecule has 1 amide bonds.